The summed E-state index contributed by atoms with van der Waals surface area (Å²) in [7, 11) is 0. The van der Waals surface area contributed by atoms with Gasteiger partial charge in [0.25, 0.3) is 0 Å². The molecule has 0 radical (unpaired) electrons. The standard InChI is InChI=1S/C12H15FNO5/c13-7-1-2-11(14(17)18)12(3-7)19-10-5-8(15)4-9(16)6-10/h1-3,8-10,15-17H,4-6H2/q-1/t8-,9-/m1/s1. The molecule has 0 spiro atoms. The molecule has 1 fully saturated rings. The number of aliphatic hydroxyl groups excluding tert-OH is 2. The van der Waals surface area contributed by atoms with E-state index < -0.39 is 29.4 Å². The highest BCUT2D eigenvalue weighted by molar-refractivity contribution is 5.57. The fraction of sp³-hybridized carbons (Fsp3) is 0.500. The number of ether oxygens (including phenoxy) is 1. The summed E-state index contributed by atoms with van der Waals surface area (Å²) < 4.78 is 18.5. The van der Waals surface area contributed by atoms with Crippen LogP contribution in [0.2, 0.25) is 0 Å². The van der Waals surface area contributed by atoms with Gasteiger partial charge in [0.05, 0.1) is 17.9 Å². The van der Waals surface area contributed by atoms with Crippen molar-refractivity contribution in [3.05, 3.63) is 29.2 Å². The summed E-state index contributed by atoms with van der Waals surface area (Å²) in [6, 6.07) is 3.09. The third kappa shape index (κ3) is 3.54. The minimum atomic E-state index is -0.705. The van der Waals surface area contributed by atoms with Crippen molar-refractivity contribution in [2.45, 2.75) is 37.6 Å². The number of hydrogen-bond acceptors (Lipinski definition) is 6. The Labute approximate surface area is 109 Å². The van der Waals surface area contributed by atoms with Gasteiger partial charge in [0.15, 0.2) is 0 Å². The lowest BCUT2D eigenvalue weighted by atomic mass is 9.92. The lowest BCUT2D eigenvalue weighted by Gasteiger charge is -2.32. The minimum absolute atomic E-state index is 0.121. The van der Waals surface area contributed by atoms with E-state index in [4.69, 9.17) is 9.94 Å². The van der Waals surface area contributed by atoms with Crippen molar-refractivity contribution in [1.82, 2.24) is 0 Å². The number of hydrogen-bond donors (Lipinski definition) is 3. The van der Waals surface area contributed by atoms with Crippen LogP contribution in [0.1, 0.15) is 19.3 Å². The Morgan fingerprint density at radius 3 is 2.42 bits per heavy atom. The number of aliphatic hydroxyl groups is 2. The average Bonchev–Trinajstić information content (AvgIpc) is 2.26. The predicted molar refractivity (Wildman–Crippen MR) is 64.3 cm³/mol. The molecule has 7 heteroatoms. The second kappa shape index (κ2) is 5.70. The first-order valence-electron chi connectivity index (χ1n) is 5.94. The van der Waals surface area contributed by atoms with E-state index in [2.05, 4.69) is 0 Å². The average molecular weight is 272 g/mol. The highest BCUT2D eigenvalue weighted by Crippen LogP contribution is 2.31. The quantitative estimate of drug-likeness (QED) is 0.715. The lowest BCUT2D eigenvalue weighted by molar-refractivity contribution is -0.0155. The molecule has 1 aliphatic rings. The molecule has 2 rings (SSSR count). The summed E-state index contributed by atoms with van der Waals surface area (Å²) in [4.78, 5) is 0. The number of halogens is 1. The van der Waals surface area contributed by atoms with Crippen LogP contribution in [-0.4, -0.2) is 33.7 Å². The molecule has 1 aliphatic carbocycles. The summed E-state index contributed by atoms with van der Waals surface area (Å²) in [5.74, 6) is -0.735. The Morgan fingerprint density at radius 1 is 1.21 bits per heavy atom. The third-order valence-electron chi connectivity index (χ3n) is 3.04. The highest BCUT2D eigenvalue weighted by Gasteiger charge is 2.28. The molecule has 1 aromatic carbocycles. The lowest BCUT2D eigenvalue weighted by Crippen LogP contribution is -2.36. The van der Waals surface area contributed by atoms with Crippen LogP contribution in [-0.2, 0) is 0 Å². The molecular weight excluding hydrogens is 257 g/mol. The molecule has 3 N–H and O–H groups in total. The van der Waals surface area contributed by atoms with Crippen LogP contribution in [0, 0.1) is 11.0 Å². The van der Waals surface area contributed by atoms with Crippen molar-refractivity contribution in [2.75, 3.05) is 5.23 Å². The van der Waals surface area contributed by atoms with E-state index in [1.807, 2.05) is 0 Å². The van der Waals surface area contributed by atoms with Crippen molar-refractivity contribution < 1.29 is 24.5 Å². The van der Waals surface area contributed by atoms with Crippen molar-refractivity contribution in [3.63, 3.8) is 0 Å². The topological polar surface area (TPSA) is 96.2 Å². The maximum absolute atomic E-state index is 13.1. The Hall–Kier alpha value is -1.41. The van der Waals surface area contributed by atoms with E-state index in [0.29, 0.717) is 0 Å². The van der Waals surface area contributed by atoms with Crippen LogP contribution in [0.5, 0.6) is 5.75 Å². The van der Waals surface area contributed by atoms with Gasteiger partial charge in [0.1, 0.15) is 17.7 Å². The van der Waals surface area contributed by atoms with E-state index in [1.54, 1.807) is 0 Å². The van der Waals surface area contributed by atoms with Crippen LogP contribution in [0.3, 0.4) is 0 Å². The maximum Gasteiger partial charge on any atom is 0.147 e. The normalized spacial score (nSPS) is 27.1. The van der Waals surface area contributed by atoms with Gasteiger partial charge in [-0.05, 0) is 18.6 Å². The van der Waals surface area contributed by atoms with Gasteiger partial charge >= 0.3 is 0 Å². The molecule has 1 aromatic rings. The Kier molecular flexibility index (Phi) is 4.20. The fourth-order valence-electron chi connectivity index (χ4n) is 2.23. The molecule has 19 heavy (non-hydrogen) atoms. The number of benzene rings is 1. The maximum atomic E-state index is 13.1. The molecule has 2 atom stereocenters. The summed E-state index contributed by atoms with van der Waals surface area (Å²) in [5, 5.41) is 38.5. The van der Waals surface area contributed by atoms with Crippen LogP contribution in [0.15, 0.2) is 18.2 Å². The van der Waals surface area contributed by atoms with Crippen molar-refractivity contribution in [1.29, 1.82) is 0 Å². The van der Waals surface area contributed by atoms with Gasteiger partial charge in [-0.25, -0.2) is 4.39 Å². The van der Waals surface area contributed by atoms with E-state index in [0.717, 1.165) is 18.2 Å². The van der Waals surface area contributed by atoms with Gasteiger partial charge in [-0.3, -0.25) is 5.21 Å². The molecule has 0 bridgehead atoms. The molecule has 1 saturated carbocycles. The van der Waals surface area contributed by atoms with E-state index >= 15 is 0 Å². The van der Waals surface area contributed by atoms with Crippen molar-refractivity contribution in [2.24, 2.45) is 0 Å². The first kappa shape index (κ1) is 14.0. The zero-order chi connectivity index (χ0) is 14.0. The largest absolute Gasteiger partial charge is 0.733 e. The van der Waals surface area contributed by atoms with Crippen LogP contribution >= 0.6 is 0 Å². The zero-order valence-electron chi connectivity index (χ0n) is 10.1. The molecule has 0 aliphatic heterocycles. The zero-order valence-corrected chi connectivity index (χ0v) is 10.1. The smallest absolute Gasteiger partial charge is 0.147 e. The van der Waals surface area contributed by atoms with Gasteiger partial charge in [-0.1, -0.05) is 0 Å². The fourth-order valence-corrected chi connectivity index (χ4v) is 2.23. The van der Waals surface area contributed by atoms with Crippen molar-refractivity contribution in [3.8, 4) is 5.75 Å². The Bertz CT molecular complexity index is 432. The SMILES string of the molecule is [O-]N(O)c1ccc(F)cc1OC1C[C@H](O)C[C@@H](O)C1. The number of nitrogens with zero attached hydrogens (tertiary/aromatic N) is 1. The van der Waals surface area contributed by atoms with Crippen LogP contribution < -0.4 is 9.96 Å². The number of anilines is 1. The number of rotatable bonds is 3. The Balaban J connectivity index is 2.15. The summed E-state index contributed by atoms with van der Waals surface area (Å²) in [5.41, 5.74) is -0.226. The third-order valence-corrected chi connectivity index (χ3v) is 3.04. The summed E-state index contributed by atoms with van der Waals surface area (Å²) >= 11 is 0. The molecular formula is C12H15FNO5-. The first-order valence-corrected chi connectivity index (χ1v) is 5.94. The molecule has 0 aromatic heterocycles. The predicted octanol–water partition coefficient (Wildman–Crippen LogP) is 1.17. The van der Waals surface area contributed by atoms with E-state index in [-0.39, 0.29) is 30.7 Å². The Morgan fingerprint density at radius 2 is 1.84 bits per heavy atom. The molecule has 106 valence electrons. The summed E-state index contributed by atoms with van der Waals surface area (Å²) in [6.07, 6.45) is -1.14. The molecule has 6 nitrogen and oxygen atoms in total. The monoisotopic (exact) mass is 272 g/mol. The molecule has 0 amide bonds. The molecule has 0 heterocycles. The molecule has 0 saturated heterocycles. The second-order valence-corrected chi connectivity index (χ2v) is 4.64. The van der Waals surface area contributed by atoms with Crippen LogP contribution in [0.4, 0.5) is 10.1 Å². The highest BCUT2D eigenvalue weighted by atomic mass is 19.1. The van der Waals surface area contributed by atoms with Crippen LogP contribution in [0.25, 0.3) is 0 Å². The first-order chi connectivity index (χ1) is 8.95. The minimum Gasteiger partial charge on any atom is -0.733 e. The summed E-state index contributed by atoms with van der Waals surface area (Å²) in [6.45, 7) is 0. The van der Waals surface area contributed by atoms with Gasteiger partial charge in [-0.15, -0.1) is 0 Å². The molecule has 0 unspecified atom stereocenters. The second-order valence-electron chi connectivity index (χ2n) is 4.64. The van der Waals surface area contributed by atoms with E-state index in [1.165, 1.54) is 0 Å². The van der Waals surface area contributed by atoms with Gasteiger partial charge in [0, 0.05) is 18.9 Å². The van der Waals surface area contributed by atoms with Crippen molar-refractivity contribution >= 4 is 5.69 Å². The van der Waals surface area contributed by atoms with Gasteiger partial charge < -0.3 is 25.4 Å². The van der Waals surface area contributed by atoms with Gasteiger partial charge in [-0.2, -0.15) is 0 Å². The van der Waals surface area contributed by atoms with E-state index in [9.17, 15) is 19.8 Å². The van der Waals surface area contributed by atoms with Gasteiger partial charge in [0.2, 0.25) is 0 Å².